The molecule has 3 aliphatic heterocycles. The van der Waals surface area contributed by atoms with Crippen molar-refractivity contribution in [3.63, 3.8) is 0 Å². The van der Waals surface area contributed by atoms with Gasteiger partial charge in [-0.2, -0.15) is 0 Å². The average molecular weight is 689 g/mol. The van der Waals surface area contributed by atoms with Crippen molar-refractivity contribution in [2.24, 2.45) is 0 Å². The van der Waals surface area contributed by atoms with Gasteiger partial charge in [0.05, 0.1) is 0 Å². The molecule has 266 valence electrons. The third-order valence-corrected chi connectivity index (χ3v) is 8.99. The molecule has 3 saturated heterocycles. The average Bonchev–Trinajstić information content (AvgIpc) is 3.74. The van der Waals surface area contributed by atoms with E-state index in [1.54, 1.807) is 6.92 Å². The zero-order chi connectivity index (χ0) is 36.0. The number of benzene rings is 1. The first kappa shape index (κ1) is 36.9. The highest BCUT2D eigenvalue weighted by atomic mass is 19.1. The summed E-state index contributed by atoms with van der Waals surface area (Å²) >= 11 is 0. The van der Waals surface area contributed by atoms with Crippen molar-refractivity contribution in [2.75, 3.05) is 26.7 Å². The Kier molecular flexibility index (Phi) is 12.1. The molecular formula is C33H42F2N6O8. The summed E-state index contributed by atoms with van der Waals surface area (Å²) in [6.45, 7) is 4.19. The van der Waals surface area contributed by atoms with Gasteiger partial charge in [0.15, 0.2) is 0 Å². The number of nitrogens with zero attached hydrogens (tertiary/aromatic N) is 3. The summed E-state index contributed by atoms with van der Waals surface area (Å²) in [6, 6.07) is -4.39. The molecule has 0 saturated carbocycles. The number of likely N-dealkylation sites (N-methyl/N-ethyl adjacent to an activating group) is 1. The molecule has 3 heterocycles. The molecule has 6 amide bonds. The second-order valence-corrected chi connectivity index (χ2v) is 12.5. The highest BCUT2D eigenvalue weighted by Crippen LogP contribution is 2.23. The number of halogens is 2. The Hall–Kier alpha value is -4.89. The van der Waals surface area contributed by atoms with Crippen LogP contribution < -0.4 is 16.0 Å². The first-order valence-corrected chi connectivity index (χ1v) is 16.2. The summed E-state index contributed by atoms with van der Waals surface area (Å²) in [7, 11) is 1.41. The predicted octanol–water partition coefficient (Wildman–Crippen LogP) is -0.0566. The summed E-state index contributed by atoms with van der Waals surface area (Å²) in [6.07, 6.45) is 3.61. The monoisotopic (exact) mass is 688 g/mol. The van der Waals surface area contributed by atoms with Crippen molar-refractivity contribution in [1.29, 1.82) is 0 Å². The lowest BCUT2D eigenvalue weighted by Gasteiger charge is -2.34. The van der Waals surface area contributed by atoms with E-state index in [9.17, 15) is 42.3 Å². The Balaban J connectivity index is 1.67. The Labute approximate surface area is 282 Å². The van der Waals surface area contributed by atoms with Crippen molar-refractivity contribution in [2.45, 2.75) is 89.1 Å². The van der Waals surface area contributed by atoms with Crippen molar-refractivity contribution in [1.82, 2.24) is 30.7 Å². The van der Waals surface area contributed by atoms with Crippen LogP contribution in [0.1, 0.15) is 52.0 Å². The van der Waals surface area contributed by atoms with Gasteiger partial charge in [0.25, 0.3) is 0 Å². The third kappa shape index (κ3) is 8.78. The number of amides is 6. The number of hydrogen-bond donors (Lipinski definition) is 3. The van der Waals surface area contributed by atoms with Gasteiger partial charge in [-0.3, -0.25) is 28.8 Å². The molecule has 16 heteroatoms. The smallest absolute Gasteiger partial charge is 0.328 e. The molecule has 6 atom stereocenters. The van der Waals surface area contributed by atoms with Gasteiger partial charge in [-0.15, -0.1) is 0 Å². The second kappa shape index (κ2) is 16.0. The van der Waals surface area contributed by atoms with E-state index >= 15 is 0 Å². The van der Waals surface area contributed by atoms with E-state index in [0.717, 1.165) is 18.2 Å². The lowest BCUT2D eigenvalue weighted by atomic mass is 10.0. The molecule has 14 nitrogen and oxygen atoms in total. The lowest BCUT2D eigenvalue weighted by molar-refractivity contribution is -0.158. The van der Waals surface area contributed by atoms with Crippen LogP contribution in [0.4, 0.5) is 8.78 Å². The van der Waals surface area contributed by atoms with Crippen molar-refractivity contribution in [3.05, 3.63) is 47.5 Å². The van der Waals surface area contributed by atoms with Crippen LogP contribution in [0.2, 0.25) is 0 Å². The zero-order valence-corrected chi connectivity index (χ0v) is 27.9. The number of fused-ring (bicyclic) bond motifs is 2. The molecule has 1 aromatic carbocycles. The number of allylic oxidation sites excluding steroid dienone is 1. The molecule has 4 rings (SSSR count). The minimum absolute atomic E-state index is 0.0424. The predicted molar refractivity (Wildman–Crippen MR) is 169 cm³/mol. The van der Waals surface area contributed by atoms with Gasteiger partial charge >= 0.3 is 5.97 Å². The normalized spacial score (nSPS) is 26.3. The number of rotatable bonds is 6. The van der Waals surface area contributed by atoms with Gasteiger partial charge in [0, 0.05) is 32.6 Å². The first-order chi connectivity index (χ1) is 23.2. The number of hydrogen-bond acceptors (Lipinski definition) is 8. The van der Waals surface area contributed by atoms with E-state index in [2.05, 4.69) is 16.0 Å². The maximum absolute atomic E-state index is 14.1. The number of cyclic esters (lactones) is 1. The van der Waals surface area contributed by atoms with Gasteiger partial charge in [-0.05, 0) is 70.2 Å². The Morgan fingerprint density at radius 3 is 2.20 bits per heavy atom. The van der Waals surface area contributed by atoms with Crippen LogP contribution in [-0.4, -0.2) is 119 Å². The SMILES string of the molecule is CC=CC(=O)N[C@@H](Cc1cc(F)cc(F)c1)C(=O)N[C@H]1COC(=O)[C@@H]2CCCN2C(=O)[C@H](C)NC(=O)[C@H](C)N(C)C(=O)[C@@H]2CCCN2C1=O. The Morgan fingerprint density at radius 1 is 0.959 bits per heavy atom. The molecule has 0 radical (unpaired) electrons. The van der Waals surface area contributed by atoms with E-state index in [-0.39, 0.29) is 37.9 Å². The van der Waals surface area contributed by atoms with Gasteiger partial charge < -0.3 is 35.4 Å². The lowest BCUT2D eigenvalue weighted by Crippen LogP contribution is -2.60. The number of carbonyl (C=O) groups excluding carboxylic acids is 7. The number of carbonyl (C=O) groups is 7. The van der Waals surface area contributed by atoms with Crippen LogP contribution in [-0.2, 0) is 44.7 Å². The largest absolute Gasteiger partial charge is 0.461 e. The molecule has 49 heavy (non-hydrogen) atoms. The highest BCUT2D eigenvalue weighted by molar-refractivity contribution is 5.98. The highest BCUT2D eigenvalue weighted by Gasteiger charge is 2.43. The zero-order valence-electron chi connectivity index (χ0n) is 27.9. The maximum Gasteiger partial charge on any atom is 0.328 e. The standard InChI is InChI=1S/C33H42F2N6O8/c1-5-8-27(42)37-23(15-20-13-21(34)16-22(35)14-20)29(44)38-24-17-49-33(48)26-10-7-12-41(26)30(45)18(2)36-28(43)19(3)39(4)32(47)25-9-6-11-40(25)31(24)46/h5,8,13-14,16,18-19,23-26H,6-7,9-12,15,17H2,1-4H3,(H,36,43)(H,37,42)(H,38,44)/t18-,19-,23-,24-,25-,26-/m0/s1. The van der Waals surface area contributed by atoms with E-state index in [0.29, 0.717) is 18.9 Å². The van der Waals surface area contributed by atoms with E-state index < -0.39 is 95.9 Å². The summed E-state index contributed by atoms with van der Waals surface area (Å²) in [5.74, 6) is -6.70. The van der Waals surface area contributed by atoms with E-state index in [1.165, 1.54) is 41.7 Å². The molecule has 0 aromatic heterocycles. The number of ether oxygens (including phenoxy) is 1. The summed E-state index contributed by atoms with van der Waals surface area (Å²) < 4.78 is 33.5. The first-order valence-electron chi connectivity index (χ1n) is 16.2. The molecule has 1 aromatic rings. The molecule has 3 aliphatic rings. The number of nitrogens with one attached hydrogen (secondary N) is 3. The van der Waals surface area contributed by atoms with Crippen LogP contribution in [0.25, 0.3) is 0 Å². The minimum Gasteiger partial charge on any atom is -0.461 e. The van der Waals surface area contributed by atoms with E-state index in [1.807, 2.05) is 0 Å². The van der Waals surface area contributed by atoms with Crippen molar-refractivity contribution < 1.29 is 47.1 Å². The fourth-order valence-corrected chi connectivity index (χ4v) is 6.26. The maximum atomic E-state index is 14.1. The van der Waals surface area contributed by atoms with Crippen LogP contribution in [0.3, 0.4) is 0 Å². The molecule has 0 unspecified atom stereocenters. The van der Waals surface area contributed by atoms with Gasteiger partial charge in [-0.25, -0.2) is 13.6 Å². The fourth-order valence-electron chi connectivity index (χ4n) is 6.26. The van der Waals surface area contributed by atoms with Gasteiger partial charge in [0.1, 0.15) is 54.5 Å². The third-order valence-electron chi connectivity index (χ3n) is 8.99. The minimum atomic E-state index is -1.56. The summed E-state index contributed by atoms with van der Waals surface area (Å²) in [5, 5.41) is 7.59. The Morgan fingerprint density at radius 2 is 1.57 bits per heavy atom. The van der Waals surface area contributed by atoms with Crippen LogP contribution in [0.5, 0.6) is 0 Å². The summed E-state index contributed by atoms with van der Waals surface area (Å²) in [5.41, 5.74) is 0.0424. The van der Waals surface area contributed by atoms with Crippen LogP contribution in [0, 0.1) is 11.6 Å². The Bertz CT molecular complexity index is 1500. The molecule has 0 spiro atoms. The molecule has 3 fully saturated rings. The molecule has 0 bridgehead atoms. The van der Waals surface area contributed by atoms with Crippen LogP contribution in [0.15, 0.2) is 30.4 Å². The van der Waals surface area contributed by atoms with Crippen molar-refractivity contribution >= 4 is 41.4 Å². The topological polar surface area (TPSA) is 175 Å². The fraction of sp³-hybridized carbons (Fsp3) is 0.545. The number of esters is 1. The van der Waals surface area contributed by atoms with Gasteiger partial charge in [0.2, 0.25) is 35.4 Å². The second-order valence-electron chi connectivity index (χ2n) is 12.5. The van der Waals surface area contributed by atoms with Crippen LogP contribution >= 0.6 is 0 Å². The molecule has 0 aliphatic carbocycles. The van der Waals surface area contributed by atoms with Gasteiger partial charge in [-0.1, -0.05) is 6.08 Å². The quantitative estimate of drug-likeness (QED) is 0.276. The summed E-state index contributed by atoms with van der Waals surface area (Å²) in [4.78, 5) is 97.4. The molecule has 3 N–H and O–H groups in total. The molecular weight excluding hydrogens is 646 g/mol. The van der Waals surface area contributed by atoms with E-state index in [4.69, 9.17) is 4.74 Å². The van der Waals surface area contributed by atoms with Crippen molar-refractivity contribution in [3.8, 4) is 0 Å².